The van der Waals surface area contributed by atoms with Gasteiger partial charge in [0.1, 0.15) is 28.5 Å². The maximum absolute atomic E-state index is 13.1. The standard InChI is InChI=1S/C23H21F5N2O4/c1-12(23(26,27)28)33-15-5-6-30-16(11-29-20(30)10-15)14-8-18(32-2)21(17(31)7-13-3-4-13)19(9-14)34-22(24)25/h5-6,8-13,22H,3-4,7H2,1-2H3. The van der Waals surface area contributed by atoms with E-state index < -0.39 is 18.9 Å². The van der Waals surface area contributed by atoms with Gasteiger partial charge in [-0.05, 0) is 43.9 Å². The molecule has 6 nitrogen and oxygen atoms in total. The molecule has 1 aromatic carbocycles. The highest BCUT2D eigenvalue weighted by atomic mass is 19.4. The Morgan fingerprint density at radius 2 is 1.88 bits per heavy atom. The van der Waals surface area contributed by atoms with Gasteiger partial charge < -0.3 is 14.2 Å². The second-order valence-corrected chi connectivity index (χ2v) is 8.04. The van der Waals surface area contributed by atoms with Gasteiger partial charge in [-0.2, -0.15) is 22.0 Å². The molecule has 1 unspecified atom stereocenters. The van der Waals surface area contributed by atoms with Gasteiger partial charge in [0.2, 0.25) is 0 Å². The van der Waals surface area contributed by atoms with E-state index in [2.05, 4.69) is 9.72 Å². The molecule has 3 aromatic rings. The maximum Gasteiger partial charge on any atom is 0.425 e. The lowest BCUT2D eigenvalue weighted by Gasteiger charge is -2.18. The number of methoxy groups -OCH3 is 1. The van der Waals surface area contributed by atoms with Crippen LogP contribution in [0.1, 0.15) is 36.5 Å². The van der Waals surface area contributed by atoms with Crippen LogP contribution in [0, 0.1) is 5.92 Å². The van der Waals surface area contributed by atoms with Crippen molar-refractivity contribution in [2.45, 2.75) is 45.1 Å². The first-order valence-electron chi connectivity index (χ1n) is 10.5. The first kappa shape index (κ1) is 23.8. The van der Waals surface area contributed by atoms with Crippen molar-refractivity contribution in [2.24, 2.45) is 5.92 Å². The number of Topliss-reactive ketones (excluding diaryl/α,β-unsaturated/α-hetero) is 1. The summed E-state index contributed by atoms with van der Waals surface area (Å²) < 4.78 is 81.1. The quantitative estimate of drug-likeness (QED) is 0.279. The molecule has 2 heterocycles. The van der Waals surface area contributed by atoms with Crippen molar-refractivity contribution in [3.05, 3.63) is 42.2 Å². The number of carbonyl (C=O) groups excluding carboxylic acids is 1. The molecule has 34 heavy (non-hydrogen) atoms. The van der Waals surface area contributed by atoms with Gasteiger partial charge in [0.15, 0.2) is 11.9 Å². The van der Waals surface area contributed by atoms with E-state index in [0.29, 0.717) is 11.3 Å². The smallest absolute Gasteiger partial charge is 0.425 e. The molecule has 0 bridgehead atoms. The van der Waals surface area contributed by atoms with E-state index >= 15 is 0 Å². The molecule has 1 fully saturated rings. The molecule has 11 heteroatoms. The molecule has 0 radical (unpaired) electrons. The fraction of sp³-hybridized carbons (Fsp3) is 0.391. The number of alkyl halides is 5. The van der Waals surface area contributed by atoms with Crippen LogP contribution in [0.2, 0.25) is 0 Å². The fourth-order valence-corrected chi connectivity index (χ4v) is 3.57. The van der Waals surface area contributed by atoms with Crippen LogP contribution in [0.4, 0.5) is 22.0 Å². The summed E-state index contributed by atoms with van der Waals surface area (Å²) in [6.07, 6.45) is -1.64. The Bertz CT molecular complexity index is 1200. The number of ether oxygens (including phenoxy) is 3. The summed E-state index contributed by atoms with van der Waals surface area (Å²) in [5.74, 6) is -0.391. The molecule has 1 saturated carbocycles. The van der Waals surface area contributed by atoms with Crippen LogP contribution in [0.3, 0.4) is 0 Å². The largest absolute Gasteiger partial charge is 0.496 e. The number of nitrogens with zero attached hydrogens (tertiary/aromatic N) is 2. The van der Waals surface area contributed by atoms with Gasteiger partial charge in [-0.15, -0.1) is 0 Å². The summed E-state index contributed by atoms with van der Waals surface area (Å²) in [6, 6.07) is 5.47. The number of benzene rings is 1. The molecule has 0 saturated heterocycles. The van der Waals surface area contributed by atoms with E-state index in [4.69, 9.17) is 9.47 Å². The third-order valence-corrected chi connectivity index (χ3v) is 5.51. The topological polar surface area (TPSA) is 62.1 Å². The molecule has 1 aliphatic carbocycles. The molecule has 1 aliphatic rings. The van der Waals surface area contributed by atoms with E-state index in [1.54, 1.807) is 0 Å². The van der Waals surface area contributed by atoms with E-state index in [-0.39, 0.29) is 46.6 Å². The lowest BCUT2D eigenvalue weighted by atomic mass is 10.00. The zero-order valence-corrected chi connectivity index (χ0v) is 18.2. The summed E-state index contributed by atoms with van der Waals surface area (Å²) >= 11 is 0. The normalized spacial score (nSPS) is 14.9. The van der Waals surface area contributed by atoms with Crippen molar-refractivity contribution < 1.29 is 41.0 Å². The number of rotatable bonds is 9. The summed E-state index contributed by atoms with van der Waals surface area (Å²) in [7, 11) is 1.32. The van der Waals surface area contributed by atoms with Crippen LogP contribution in [-0.2, 0) is 0 Å². The number of carbonyl (C=O) groups is 1. The molecule has 0 amide bonds. The third kappa shape index (κ3) is 5.07. The Morgan fingerprint density at radius 3 is 2.50 bits per heavy atom. The van der Waals surface area contributed by atoms with Crippen molar-refractivity contribution in [3.8, 4) is 28.5 Å². The summed E-state index contributed by atoms with van der Waals surface area (Å²) in [5.41, 5.74) is 1.000. The molecule has 4 rings (SSSR count). The Hall–Kier alpha value is -3.37. The Kier molecular flexibility index (Phi) is 6.37. The number of hydrogen-bond acceptors (Lipinski definition) is 5. The van der Waals surface area contributed by atoms with E-state index in [1.165, 1.54) is 48.2 Å². The highest BCUT2D eigenvalue weighted by Crippen LogP contribution is 2.40. The monoisotopic (exact) mass is 484 g/mol. The summed E-state index contributed by atoms with van der Waals surface area (Å²) in [5, 5.41) is 0. The van der Waals surface area contributed by atoms with Crippen LogP contribution >= 0.6 is 0 Å². The van der Waals surface area contributed by atoms with Crippen LogP contribution in [0.15, 0.2) is 36.7 Å². The van der Waals surface area contributed by atoms with Gasteiger partial charge >= 0.3 is 12.8 Å². The maximum atomic E-state index is 13.1. The Labute approximate surface area is 191 Å². The van der Waals surface area contributed by atoms with Crippen LogP contribution in [0.5, 0.6) is 17.2 Å². The Balaban J connectivity index is 1.73. The van der Waals surface area contributed by atoms with Gasteiger partial charge in [0.25, 0.3) is 0 Å². The van der Waals surface area contributed by atoms with Gasteiger partial charge in [-0.3, -0.25) is 9.20 Å². The average Bonchev–Trinajstić information content (AvgIpc) is 3.47. The zero-order valence-electron chi connectivity index (χ0n) is 18.2. The first-order valence-corrected chi connectivity index (χ1v) is 10.5. The van der Waals surface area contributed by atoms with Crippen LogP contribution in [-0.4, -0.2) is 41.2 Å². The number of ketones is 1. The number of aromatic nitrogens is 2. The lowest BCUT2D eigenvalue weighted by Crippen LogP contribution is -2.31. The molecule has 1 atom stereocenters. The van der Waals surface area contributed by atoms with Crippen molar-refractivity contribution >= 4 is 11.4 Å². The van der Waals surface area contributed by atoms with Gasteiger partial charge in [0.05, 0.1) is 19.0 Å². The average molecular weight is 484 g/mol. The first-order chi connectivity index (χ1) is 16.1. The van der Waals surface area contributed by atoms with Crippen LogP contribution in [0.25, 0.3) is 16.9 Å². The van der Waals surface area contributed by atoms with Gasteiger partial charge in [0, 0.05) is 24.2 Å². The molecule has 0 spiro atoms. The molecule has 2 aromatic heterocycles. The van der Waals surface area contributed by atoms with Crippen molar-refractivity contribution in [1.29, 1.82) is 0 Å². The number of halogens is 5. The molecule has 182 valence electrons. The van der Waals surface area contributed by atoms with Gasteiger partial charge in [-0.25, -0.2) is 4.98 Å². The van der Waals surface area contributed by atoms with Gasteiger partial charge in [-0.1, -0.05) is 0 Å². The van der Waals surface area contributed by atoms with Crippen molar-refractivity contribution in [2.75, 3.05) is 7.11 Å². The zero-order chi connectivity index (χ0) is 24.6. The molecular formula is C23H21F5N2O4. The highest BCUT2D eigenvalue weighted by Gasteiger charge is 2.38. The Morgan fingerprint density at radius 1 is 1.18 bits per heavy atom. The molecule has 0 aliphatic heterocycles. The summed E-state index contributed by atoms with van der Waals surface area (Å²) in [6.45, 7) is -2.27. The number of hydrogen-bond donors (Lipinski definition) is 0. The number of fused-ring (bicyclic) bond motifs is 1. The van der Waals surface area contributed by atoms with E-state index in [9.17, 15) is 26.7 Å². The lowest BCUT2D eigenvalue weighted by molar-refractivity contribution is -0.189. The van der Waals surface area contributed by atoms with E-state index in [0.717, 1.165) is 19.8 Å². The second-order valence-electron chi connectivity index (χ2n) is 8.04. The SMILES string of the molecule is COc1cc(-c2cnc3cc(OC(C)C(F)(F)F)ccn23)cc(OC(F)F)c1C(=O)CC1CC1. The van der Waals surface area contributed by atoms with E-state index in [1.807, 2.05) is 0 Å². The van der Waals surface area contributed by atoms with Crippen molar-refractivity contribution in [1.82, 2.24) is 9.38 Å². The van der Waals surface area contributed by atoms with Crippen molar-refractivity contribution in [3.63, 3.8) is 0 Å². The minimum Gasteiger partial charge on any atom is -0.496 e. The fourth-order valence-electron chi connectivity index (χ4n) is 3.57. The molecular weight excluding hydrogens is 463 g/mol. The van der Waals surface area contributed by atoms with Crippen LogP contribution < -0.4 is 14.2 Å². The number of imidazole rings is 1. The third-order valence-electron chi connectivity index (χ3n) is 5.51. The minimum absolute atomic E-state index is 0.0326. The minimum atomic E-state index is -4.52. The number of pyridine rings is 1. The second kappa shape index (κ2) is 9.11. The highest BCUT2D eigenvalue weighted by molar-refractivity contribution is 6.02. The molecule has 0 N–H and O–H groups in total. The predicted molar refractivity (Wildman–Crippen MR) is 112 cm³/mol. The summed E-state index contributed by atoms with van der Waals surface area (Å²) in [4.78, 5) is 16.9. The predicted octanol–water partition coefficient (Wildman–Crippen LogP) is 5.92.